The molecule has 1 aliphatic rings. The molecule has 1 amide bonds. The number of sulfonamides is 1. The minimum atomic E-state index is -4.50. The first-order valence-corrected chi connectivity index (χ1v) is 11.0. The Morgan fingerprint density at radius 1 is 1.26 bits per heavy atom. The maximum Gasteiger partial charge on any atom is 0.422 e. The van der Waals surface area contributed by atoms with Crippen LogP contribution in [0.15, 0.2) is 33.7 Å². The Hall–Kier alpha value is -2.60. The summed E-state index contributed by atoms with van der Waals surface area (Å²) in [6.07, 6.45) is -3.98. The third kappa shape index (κ3) is 5.37. The number of nitrogens with one attached hydrogen (secondary N) is 1. The van der Waals surface area contributed by atoms with E-state index >= 15 is 0 Å². The van der Waals surface area contributed by atoms with Crippen LogP contribution in [0.1, 0.15) is 24.3 Å². The number of hydrogen-bond acceptors (Lipinski definition) is 6. The molecule has 1 saturated heterocycles. The lowest BCUT2D eigenvalue weighted by Gasteiger charge is -2.30. The van der Waals surface area contributed by atoms with E-state index in [4.69, 9.17) is 9.26 Å². The third-order valence-corrected chi connectivity index (χ3v) is 7.07. The Morgan fingerprint density at radius 2 is 1.90 bits per heavy atom. The van der Waals surface area contributed by atoms with E-state index in [9.17, 15) is 26.4 Å². The molecule has 12 heteroatoms. The predicted molar refractivity (Wildman–Crippen MR) is 104 cm³/mol. The molecule has 2 heterocycles. The molecule has 1 fully saturated rings. The minimum Gasteiger partial charge on any atom is -0.482 e. The van der Waals surface area contributed by atoms with Crippen molar-refractivity contribution < 1.29 is 35.6 Å². The molecule has 0 radical (unpaired) electrons. The number of aromatic nitrogens is 1. The number of nitrogens with zero attached hydrogens (tertiary/aromatic N) is 2. The molecule has 1 aliphatic heterocycles. The monoisotopic (exact) mass is 461 g/mol. The fourth-order valence-electron chi connectivity index (χ4n) is 3.42. The van der Waals surface area contributed by atoms with Crippen molar-refractivity contribution in [3.8, 4) is 5.75 Å². The summed E-state index contributed by atoms with van der Waals surface area (Å²) in [6.45, 7) is 1.83. The summed E-state index contributed by atoms with van der Waals surface area (Å²) in [4.78, 5) is 12.7. The molecule has 1 aromatic heterocycles. The van der Waals surface area contributed by atoms with Crippen LogP contribution in [0.4, 0.5) is 18.9 Å². The molecule has 0 unspecified atom stereocenters. The van der Waals surface area contributed by atoms with Crippen LogP contribution in [-0.2, 0) is 14.8 Å². The molecule has 1 N–H and O–H groups in total. The van der Waals surface area contributed by atoms with Gasteiger partial charge >= 0.3 is 6.18 Å². The topological polar surface area (TPSA) is 102 Å². The van der Waals surface area contributed by atoms with Gasteiger partial charge in [0.1, 0.15) is 16.3 Å². The van der Waals surface area contributed by atoms with Crippen LogP contribution in [0.3, 0.4) is 0 Å². The lowest BCUT2D eigenvalue weighted by Crippen LogP contribution is -2.41. The second-order valence-corrected chi connectivity index (χ2v) is 9.10. The Bertz CT molecular complexity index is 1020. The van der Waals surface area contributed by atoms with E-state index in [-0.39, 0.29) is 53.7 Å². The second kappa shape index (κ2) is 8.87. The molecule has 31 heavy (non-hydrogen) atoms. The number of rotatable bonds is 6. The molecular formula is C19H22F3N3O5S. The number of para-hydroxylation sites is 2. The summed E-state index contributed by atoms with van der Waals surface area (Å²) in [5.74, 6) is -0.788. The van der Waals surface area contributed by atoms with Gasteiger partial charge in [0, 0.05) is 19.0 Å². The van der Waals surface area contributed by atoms with E-state index in [0.717, 1.165) is 0 Å². The van der Waals surface area contributed by atoms with Crippen LogP contribution in [-0.4, -0.2) is 49.7 Å². The molecule has 3 rings (SSSR count). The van der Waals surface area contributed by atoms with E-state index in [2.05, 4.69) is 10.5 Å². The Kier molecular flexibility index (Phi) is 6.60. The SMILES string of the molecule is Cc1noc(C)c1S(=O)(=O)N1CCC(C(=O)Nc2ccccc2OCC(F)(F)F)CC1. The molecular weight excluding hydrogens is 439 g/mol. The Balaban J connectivity index is 1.63. The van der Waals surface area contributed by atoms with Gasteiger partial charge in [0.2, 0.25) is 15.9 Å². The first-order chi connectivity index (χ1) is 14.5. The highest BCUT2D eigenvalue weighted by molar-refractivity contribution is 7.89. The van der Waals surface area contributed by atoms with Gasteiger partial charge in [-0.15, -0.1) is 0 Å². The fraction of sp³-hybridized carbons (Fsp3) is 0.474. The van der Waals surface area contributed by atoms with E-state index in [1.54, 1.807) is 13.0 Å². The number of aryl methyl sites for hydroxylation is 2. The smallest absolute Gasteiger partial charge is 0.422 e. The first kappa shape index (κ1) is 23.1. The third-order valence-electron chi connectivity index (χ3n) is 4.93. The number of hydrogen-bond donors (Lipinski definition) is 1. The van der Waals surface area contributed by atoms with Crippen molar-refractivity contribution in [2.75, 3.05) is 25.0 Å². The van der Waals surface area contributed by atoms with Gasteiger partial charge in [-0.3, -0.25) is 4.79 Å². The van der Waals surface area contributed by atoms with Crippen LogP contribution in [0.5, 0.6) is 5.75 Å². The minimum absolute atomic E-state index is 0.0335. The van der Waals surface area contributed by atoms with Gasteiger partial charge in [-0.05, 0) is 38.8 Å². The summed E-state index contributed by atoms with van der Waals surface area (Å²) in [5, 5.41) is 6.27. The Labute approximate surface area is 177 Å². The lowest BCUT2D eigenvalue weighted by molar-refractivity contribution is -0.153. The molecule has 0 atom stereocenters. The van der Waals surface area contributed by atoms with Gasteiger partial charge in [0.15, 0.2) is 12.4 Å². The number of amides is 1. The highest BCUT2D eigenvalue weighted by Gasteiger charge is 2.35. The van der Waals surface area contributed by atoms with E-state index < -0.39 is 34.6 Å². The number of anilines is 1. The van der Waals surface area contributed by atoms with Gasteiger partial charge in [0.25, 0.3) is 0 Å². The maximum absolute atomic E-state index is 12.9. The van der Waals surface area contributed by atoms with Crippen LogP contribution >= 0.6 is 0 Å². The van der Waals surface area contributed by atoms with Crippen molar-refractivity contribution >= 4 is 21.6 Å². The molecule has 8 nitrogen and oxygen atoms in total. The van der Waals surface area contributed by atoms with Crippen LogP contribution in [0.25, 0.3) is 0 Å². The number of benzene rings is 1. The summed E-state index contributed by atoms with van der Waals surface area (Å²) in [6, 6.07) is 5.84. The quantitative estimate of drug-likeness (QED) is 0.709. The predicted octanol–water partition coefficient (Wildman–Crippen LogP) is 3.27. The summed E-state index contributed by atoms with van der Waals surface area (Å²) in [7, 11) is -3.80. The van der Waals surface area contributed by atoms with Gasteiger partial charge in [-0.1, -0.05) is 17.3 Å². The van der Waals surface area contributed by atoms with Crippen molar-refractivity contribution in [2.24, 2.45) is 5.92 Å². The highest BCUT2D eigenvalue weighted by Crippen LogP contribution is 2.30. The van der Waals surface area contributed by atoms with Crippen LogP contribution in [0, 0.1) is 19.8 Å². The standard InChI is InChI=1S/C19H22F3N3O5S/c1-12-17(13(2)30-24-12)31(27,28)25-9-7-14(8-10-25)18(26)23-15-5-3-4-6-16(15)29-11-19(20,21)22/h3-6,14H,7-11H2,1-2H3,(H,23,26). The molecule has 170 valence electrons. The summed E-state index contributed by atoms with van der Waals surface area (Å²) in [5.41, 5.74) is 0.398. The average Bonchev–Trinajstić information content (AvgIpc) is 3.05. The Morgan fingerprint density at radius 3 is 2.48 bits per heavy atom. The largest absolute Gasteiger partial charge is 0.482 e. The van der Waals surface area contributed by atoms with Crippen LogP contribution in [0.2, 0.25) is 0 Å². The van der Waals surface area contributed by atoms with E-state index in [0.29, 0.717) is 0 Å². The normalized spacial score (nSPS) is 16.3. The van der Waals surface area contributed by atoms with Gasteiger partial charge in [-0.25, -0.2) is 8.42 Å². The number of halogens is 3. The van der Waals surface area contributed by atoms with Crippen molar-refractivity contribution in [1.29, 1.82) is 0 Å². The summed E-state index contributed by atoms with van der Waals surface area (Å²) >= 11 is 0. The second-order valence-electron chi connectivity index (χ2n) is 7.22. The lowest BCUT2D eigenvalue weighted by atomic mass is 9.97. The maximum atomic E-state index is 12.9. The van der Waals surface area contributed by atoms with Crippen molar-refractivity contribution in [2.45, 2.75) is 37.8 Å². The van der Waals surface area contributed by atoms with Gasteiger partial charge < -0.3 is 14.6 Å². The fourth-order valence-corrected chi connectivity index (χ4v) is 5.18. The molecule has 1 aromatic carbocycles. The zero-order chi connectivity index (χ0) is 22.8. The number of carbonyl (C=O) groups is 1. The number of piperidine rings is 1. The molecule has 0 bridgehead atoms. The number of alkyl halides is 3. The van der Waals surface area contributed by atoms with Crippen molar-refractivity contribution in [3.63, 3.8) is 0 Å². The van der Waals surface area contributed by atoms with E-state index in [1.165, 1.54) is 29.4 Å². The summed E-state index contributed by atoms with van der Waals surface area (Å²) < 4.78 is 74.1. The average molecular weight is 461 g/mol. The first-order valence-electron chi connectivity index (χ1n) is 9.51. The van der Waals surface area contributed by atoms with Crippen molar-refractivity contribution in [3.05, 3.63) is 35.7 Å². The highest BCUT2D eigenvalue weighted by atomic mass is 32.2. The van der Waals surface area contributed by atoms with Gasteiger partial charge in [-0.2, -0.15) is 17.5 Å². The zero-order valence-corrected chi connectivity index (χ0v) is 17.7. The van der Waals surface area contributed by atoms with Gasteiger partial charge in [0.05, 0.1) is 5.69 Å². The van der Waals surface area contributed by atoms with Crippen LogP contribution < -0.4 is 10.1 Å². The molecule has 0 spiro atoms. The molecule has 0 saturated carbocycles. The number of carbonyl (C=O) groups excluding carboxylic acids is 1. The zero-order valence-electron chi connectivity index (χ0n) is 16.9. The molecule has 2 aromatic rings. The van der Waals surface area contributed by atoms with Crippen molar-refractivity contribution in [1.82, 2.24) is 9.46 Å². The molecule has 0 aliphatic carbocycles. The van der Waals surface area contributed by atoms with E-state index in [1.807, 2.05) is 0 Å². The number of ether oxygens (including phenoxy) is 1.